The highest BCUT2D eigenvalue weighted by Gasteiger charge is 2.56. The number of rotatable bonds is 8. The lowest BCUT2D eigenvalue weighted by Crippen LogP contribution is -2.64. The Morgan fingerprint density at radius 3 is 2.24 bits per heavy atom. The Morgan fingerprint density at radius 2 is 1.55 bits per heavy atom. The summed E-state index contributed by atoms with van der Waals surface area (Å²) in [7, 11) is 4.82. The van der Waals surface area contributed by atoms with Crippen LogP contribution in [0.4, 0.5) is 0 Å². The molecule has 12 nitrogen and oxygen atoms in total. The first-order valence-electron chi connectivity index (χ1n) is 24.2. The van der Waals surface area contributed by atoms with Crippen molar-refractivity contribution in [3.63, 3.8) is 0 Å². The highest BCUT2D eigenvalue weighted by Crippen LogP contribution is 2.42. The van der Waals surface area contributed by atoms with Crippen molar-refractivity contribution in [3.8, 4) is 0 Å². The number of carbonyl (C=O) groups is 4. The van der Waals surface area contributed by atoms with Crippen LogP contribution in [-0.2, 0) is 42.9 Å². The maximum atomic E-state index is 14.6. The van der Waals surface area contributed by atoms with Crippen molar-refractivity contribution in [2.45, 2.75) is 160 Å². The number of methoxy groups -OCH3 is 3. The largest absolute Gasteiger partial charge is 0.456 e. The summed E-state index contributed by atoms with van der Waals surface area (Å²) >= 11 is 0. The number of ketones is 2. The number of benzene rings is 2. The summed E-state index contributed by atoms with van der Waals surface area (Å²) in [5.74, 6) is -7.21. The highest BCUT2D eigenvalue weighted by molar-refractivity contribution is 6.39. The molecule has 3 heterocycles. The van der Waals surface area contributed by atoms with E-state index in [1.807, 2.05) is 19.1 Å². The van der Waals surface area contributed by atoms with Gasteiger partial charge in [-0.25, -0.2) is 4.79 Å². The number of hydrogen-bond acceptors (Lipinski definition) is 11. The third-order valence-electron chi connectivity index (χ3n) is 15.2. The second-order valence-corrected chi connectivity index (χ2v) is 20.0. The normalized spacial score (nSPS) is 37.2. The number of hydrogen-bond donors (Lipinski definition) is 2. The number of allylic oxidation sites excluding steroid dienone is 3. The van der Waals surface area contributed by atoms with Gasteiger partial charge in [-0.05, 0) is 111 Å². The van der Waals surface area contributed by atoms with Crippen LogP contribution in [0.2, 0.25) is 0 Å². The molecule has 2 N–H and O–H groups in total. The molecule has 6 rings (SSSR count). The van der Waals surface area contributed by atoms with Crippen LogP contribution in [0, 0.1) is 35.5 Å². The fourth-order valence-electron chi connectivity index (χ4n) is 11.4. The summed E-state index contributed by atoms with van der Waals surface area (Å²) in [6.07, 6.45) is 8.02. The van der Waals surface area contributed by atoms with Crippen molar-refractivity contribution in [2.24, 2.45) is 35.5 Å². The second kappa shape index (κ2) is 22.8. The van der Waals surface area contributed by atoms with Crippen molar-refractivity contribution in [2.75, 3.05) is 21.3 Å². The number of cyclic esters (lactones) is 1. The minimum atomic E-state index is -2.53. The minimum absolute atomic E-state index is 0.0631. The molecule has 0 aromatic heterocycles. The molecule has 3 aliphatic heterocycles. The van der Waals surface area contributed by atoms with Gasteiger partial charge in [0.1, 0.15) is 24.0 Å². The van der Waals surface area contributed by atoms with Crippen molar-refractivity contribution < 1.29 is 53.1 Å². The molecule has 2 aromatic rings. The molecule has 1 saturated carbocycles. The van der Waals surface area contributed by atoms with E-state index in [2.05, 4.69) is 56.8 Å². The Labute approximate surface area is 392 Å². The van der Waals surface area contributed by atoms with Gasteiger partial charge in [0.15, 0.2) is 0 Å². The van der Waals surface area contributed by atoms with Gasteiger partial charge < -0.3 is 33.9 Å². The predicted octanol–water partition coefficient (Wildman–Crippen LogP) is 8.42. The van der Waals surface area contributed by atoms with Gasteiger partial charge in [0.05, 0.1) is 24.4 Å². The summed E-state index contributed by atoms with van der Waals surface area (Å²) < 4.78 is 30.6. The van der Waals surface area contributed by atoms with Crippen LogP contribution in [0.25, 0.3) is 10.8 Å². The Hall–Kier alpha value is -4.04. The Kier molecular flexibility index (Phi) is 17.8. The van der Waals surface area contributed by atoms with Gasteiger partial charge in [0, 0.05) is 57.6 Å². The van der Waals surface area contributed by atoms with E-state index in [-0.39, 0.29) is 60.7 Å². The number of Topliss-reactive ketones (excluding diaryl/α,β-unsaturated/α-hetero) is 2. The summed E-state index contributed by atoms with van der Waals surface area (Å²) in [6.45, 7) is 13.4. The van der Waals surface area contributed by atoms with Gasteiger partial charge in [-0.1, -0.05) is 88.4 Å². The molecule has 1 amide bonds. The first-order valence-corrected chi connectivity index (χ1v) is 24.2. The molecule has 15 atom stereocenters. The molecule has 0 spiro atoms. The maximum Gasteiger partial charge on any atom is 0.329 e. The number of amides is 1. The molecule has 2 aromatic carbocycles. The third-order valence-corrected chi connectivity index (χ3v) is 15.2. The number of esters is 1. The van der Waals surface area contributed by atoms with Crippen molar-refractivity contribution in [3.05, 3.63) is 84.6 Å². The van der Waals surface area contributed by atoms with E-state index in [1.165, 1.54) is 29.6 Å². The fourth-order valence-corrected chi connectivity index (χ4v) is 11.4. The first-order chi connectivity index (χ1) is 31.5. The van der Waals surface area contributed by atoms with E-state index in [9.17, 15) is 29.4 Å². The zero-order valence-electron chi connectivity index (χ0n) is 40.4. The smallest absolute Gasteiger partial charge is 0.329 e. The summed E-state index contributed by atoms with van der Waals surface area (Å²) in [5.41, 5.74) is 1.94. The fraction of sp³-hybridized carbons (Fsp3) is 0.630. The van der Waals surface area contributed by atoms with Crippen LogP contribution in [0.5, 0.6) is 0 Å². The molecule has 4 aliphatic rings. The Morgan fingerprint density at radius 1 is 0.864 bits per heavy atom. The van der Waals surface area contributed by atoms with Gasteiger partial charge in [-0.2, -0.15) is 0 Å². The lowest BCUT2D eigenvalue weighted by Gasteiger charge is -2.46. The van der Waals surface area contributed by atoms with Gasteiger partial charge in [0.2, 0.25) is 5.79 Å². The zero-order valence-corrected chi connectivity index (χ0v) is 40.4. The SMILES string of the molecule is C=CCC1CC(C)CC(C)CC(OC)C2OC(O)(C(=O)C(=O)N3C=CCCC3C(=O)OC(C(C)=CC3CCC(c4ccc5ccccc5c4)C(OC)C3)C(C)C(O)CC1=O)C(C)CC2OC. The van der Waals surface area contributed by atoms with Crippen LogP contribution in [0.3, 0.4) is 0 Å². The zero-order chi connectivity index (χ0) is 47.9. The molecule has 2 saturated heterocycles. The molecule has 362 valence electrons. The van der Waals surface area contributed by atoms with E-state index in [4.69, 9.17) is 23.7 Å². The van der Waals surface area contributed by atoms with Crippen LogP contribution >= 0.6 is 0 Å². The lowest BCUT2D eigenvalue weighted by atomic mass is 9.75. The third kappa shape index (κ3) is 11.6. The standard InChI is InChI=1S/C54H75NO11/c1-10-15-41-25-32(2)24-33(3)26-47(63-8)50-48(64-9)28-35(5)54(61,66-50)51(58)52(59)55-23-14-13-18-43(55)53(60)65-49(36(6)44(56)31-45(41)57)34(4)27-37-19-22-42(46(29-37)62-7)40-21-20-38-16-11-12-17-39(38)30-40/h10-12,14,16-17,20-21,23,27,30,32-33,35-37,41-44,46-50,56,61H,1,13,15,18-19,22,24-26,28-29,31H2,2-9H3. The summed E-state index contributed by atoms with van der Waals surface area (Å²) in [6, 6.07) is 13.7. The van der Waals surface area contributed by atoms with Crippen molar-refractivity contribution >= 4 is 34.2 Å². The molecular formula is C54H75NO11. The van der Waals surface area contributed by atoms with Gasteiger partial charge in [-0.3, -0.25) is 19.3 Å². The van der Waals surface area contributed by atoms with E-state index in [1.54, 1.807) is 40.2 Å². The number of nitrogens with zero attached hydrogens (tertiary/aromatic N) is 1. The van der Waals surface area contributed by atoms with E-state index < -0.39 is 71.8 Å². The van der Waals surface area contributed by atoms with Crippen LogP contribution in [0.15, 0.2) is 79.0 Å². The molecule has 12 heteroatoms. The number of aliphatic hydroxyl groups is 2. The van der Waals surface area contributed by atoms with E-state index in [0.717, 1.165) is 30.6 Å². The van der Waals surface area contributed by atoms with Crippen LogP contribution < -0.4 is 0 Å². The summed E-state index contributed by atoms with van der Waals surface area (Å²) in [4.78, 5) is 58.5. The average Bonchev–Trinajstić information content (AvgIpc) is 3.31. The highest BCUT2D eigenvalue weighted by atomic mass is 16.7. The molecule has 2 bridgehead atoms. The van der Waals surface area contributed by atoms with Crippen molar-refractivity contribution in [1.29, 1.82) is 0 Å². The second-order valence-electron chi connectivity index (χ2n) is 20.0. The Balaban J connectivity index is 1.33. The van der Waals surface area contributed by atoms with E-state index in [0.29, 0.717) is 31.3 Å². The average molecular weight is 914 g/mol. The van der Waals surface area contributed by atoms with Gasteiger partial charge >= 0.3 is 11.9 Å². The molecule has 66 heavy (non-hydrogen) atoms. The van der Waals surface area contributed by atoms with Crippen molar-refractivity contribution in [1.82, 2.24) is 4.90 Å². The molecule has 3 fully saturated rings. The van der Waals surface area contributed by atoms with Crippen LogP contribution in [0.1, 0.15) is 117 Å². The first kappa shape index (κ1) is 51.4. The maximum absolute atomic E-state index is 14.6. The monoisotopic (exact) mass is 914 g/mol. The minimum Gasteiger partial charge on any atom is -0.456 e. The van der Waals surface area contributed by atoms with Crippen LogP contribution in [-0.4, -0.2) is 108 Å². The number of fused-ring (bicyclic) bond motifs is 4. The molecule has 15 unspecified atom stereocenters. The van der Waals surface area contributed by atoms with Gasteiger partial charge in [-0.15, -0.1) is 6.58 Å². The number of aliphatic hydroxyl groups excluding tert-OH is 1. The summed E-state index contributed by atoms with van der Waals surface area (Å²) in [5, 5.41) is 26.4. The predicted molar refractivity (Wildman–Crippen MR) is 253 cm³/mol. The molecule has 1 aliphatic carbocycles. The molecule has 0 radical (unpaired) electrons. The molecular weight excluding hydrogens is 839 g/mol. The van der Waals surface area contributed by atoms with E-state index >= 15 is 0 Å². The lowest BCUT2D eigenvalue weighted by molar-refractivity contribution is -0.302. The number of ether oxygens (including phenoxy) is 5. The number of carbonyl (C=O) groups excluding carboxylic acids is 4. The Bertz CT molecular complexity index is 2080. The van der Waals surface area contributed by atoms with Gasteiger partial charge in [0.25, 0.3) is 5.78 Å². The topological polar surface area (TPSA) is 158 Å². The quantitative estimate of drug-likeness (QED) is 0.149.